The molecule has 4 atom stereocenters. The lowest BCUT2D eigenvalue weighted by Crippen LogP contribution is -2.50. The molecule has 1 unspecified atom stereocenters. The average Bonchev–Trinajstić information content (AvgIpc) is 3.21. The summed E-state index contributed by atoms with van der Waals surface area (Å²) in [4.78, 5) is 15.0. The van der Waals surface area contributed by atoms with E-state index >= 15 is 0 Å². The van der Waals surface area contributed by atoms with Gasteiger partial charge in [0.05, 0.1) is 6.10 Å². The van der Waals surface area contributed by atoms with E-state index in [-0.39, 0.29) is 5.91 Å². The molecular weight excluding hydrogens is 312 g/mol. The first-order valence-corrected chi connectivity index (χ1v) is 9.98. The lowest BCUT2D eigenvalue weighted by molar-refractivity contribution is -0.122. The summed E-state index contributed by atoms with van der Waals surface area (Å²) < 4.78 is 5.62. The molecule has 4 rings (SSSR count). The van der Waals surface area contributed by atoms with Crippen LogP contribution in [0.5, 0.6) is 0 Å². The fourth-order valence-corrected chi connectivity index (χ4v) is 4.91. The van der Waals surface area contributed by atoms with Crippen molar-refractivity contribution in [1.82, 2.24) is 10.2 Å². The van der Waals surface area contributed by atoms with Gasteiger partial charge in [0.1, 0.15) is 0 Å². The maximum atomic E-state index is 12.3. The molecule has 3 aliphatic rings. The van der Waals surface area contributed by atoms with Crippen LogP contribution in [0, 0.1) is 0 Å². The molecule has 1 aromatic rings. The quantitative estimate of drug-likeness (QED) is 0.863. The van der Waals surface area contributed by atoms with Crippen LogP contribution in [0.4, 0.5) is 0 Å². The minimum Gasteiger partial charge on any atom is -0.378 e. The highest BCUT2D eigenvalue weighted by Gasteiger charge is 2.40. The van der Waals surface area contributed by atoms with E-state index in [1.165, 1.54) is 18.4 Å². The lowest BCUT2D eigenvalue weighted by atomic mass is 9.96. The minimum absolute atomic E-state index is 0.219. The van der Waals surface area contributed by atoms with Gasteiger partial charge < -0.3 is 10.1 Å². The number of nitrogens with one attached hydrogen (secondary N) is 1. The van der Waals surface area contributed by atoms with Gasteiger partial charge >= 0.3 is 0 Å². The highest BCUT2D eigenvalue weighted by atomic mass is 16.5. The minimum atomic E-state index is 0.219. The fourth-order valence-electron chi connectivity index (χ4n) is 4.91. The first kappa shape index (κ1) is 17.0. The van der Waals surface area contributed by atoms with Gasteiger partial charge in [-0.25, -0.2) is 0 Å². The van der Waals surface area contributed by atoms with E-state index in [9.17, 15) is 4.79 Å². The van der Waals surface area contributed by atoms with Crippen molar-refractivity contribution in [1.29, 1.82) is 0 Å². The predicted molar refractivity (Wildman–Crippen MR) is 98.2 cm³/mol. The van der Waals surface area contributed by atoms with Gasteiger partial charge in [0.15, 0.2) is 0 Å². The number of hydrogen-bond acceptors (Lipinski definition) is 3. The molecule has 4 heteroatoms. The molecule has 0 spiro atoms. The number of ether oxygens (including phenoxy) is 1. The second-order valence-corrected chi connectivity index (χ2v) is 7.95. The van der Waals surface area contributed by atoms with Crippen LogP contribution in [0.2, 0.25) is 0 Å². The molecule has 1 N–H and O–H groups in total. The Morgan fingerprint density at radius 1 is 1.12 bits per heavy atom. The van der Waals surface area contributed by atoms with Gasteiger partial charge in [0.25, 0.3) is 0 Å². The summed E-state index contributed by atoms with van der Waals surface area (Å²) in [5.74, 6) is 0.219. The molecule has 4 nitrogen and oxygen atoms in total. The standard InChI is InChI=1S/C21H30N2O2/c24-21(11-10-20-7-4-12-25-20)22-17-13-18-8-9-19(14-17)23(18)15-16-5-2-1-3-6-16/h1-3,5-6,17-20H,4,7-15H2,(H,22,24)/t17?,18-,19+,20-/m0/s1. The fraction of sp³-hybridized carbons (Fsp3) is 0.667. The molecule has 25 heavy (non-hydrogen) atoms. The Morgan fingerprint density at radius 3 is 2.56 bits per heavy atom. The Bertz CT molecular complexity index is 557. The molecule has 136 valence electrons. The highest BCUT2D eigenvalue weighted by molar-refractivity contribution is 5.76. The molecule has 0 saturated carbocycles. The van der Waals surface area contributed by atoms with Crippen molar-refractivity contribution in [2.45, 2.75) is 82.1 Å². The number of rotatable bonds is 6. The normalized spacial score (nSPS) is 32.0. The topological polar surface area (TPSA) is 41.6 Å². The number of hydrogen-bond donors (Lipinski definition) is 1. The number of amides is 1. The number of carbonyl (C=O) groups is 1. The van der Waals surface area contributed by atoms with Crippen molar-refractivity contribution in [3.05, 3.63) is 35.9 Å². The van der Waals surface area contributed by atoms with Crippen LogP contribution in [0.3, 0.4) is 0 Å². The van der Waals surface area contributed by atoms with Gasteiger partial charge in [-0.2, -0.15) is 0 Å². The van der Waals surface area contributed by atoms with E-state index < -0.39 is 0 Å². The van der Waals surface area contributed by atoms with Crippen molar-refractivity contribution in [3.63, 3.8) is 0 Å². The first-order chi connectivity index (χ1) is 12.3. The van der Waals surface area contributed by atoms with E-state index in [1.54, 1.807) is 0 Å². The van der Waals surface area contributed by atoms with Crippen molar-refractivity contribution >= 4 is 5.91 Å². The zero-order valence-corrected chi connectivity index (χ0v) is 15.0. The molecule has 0 radical (unpaired) electrons. The van der Waals surface area contributed by atoms with Gasteiger partial charge in [-0.1, -0.05) is 30.3 Å². The molecule has 1 aromatic carbocycles. The predicted octanol–water partition coefficient (Wildman–Crippen LogP) is 3.26. The van der Waals surface area contributed by atoms with E-state index in [0.29, 0.717) is 30.7 Å². The van der Waals surface area contributed by atoms with Gasteiger partial charge in [-0.15, -0.1) is 0 Å². The molecule has 1 amide bonds. The molecule has 3 heterocycles. The van der Waals surface area contributed by atoms with Crippen LogP contribution in [-0.4, -0.2) is 41.6 Å². The Balaban J connectivity index is 1.25. The molecule has 0 aliphatic carbocycles. The zero-order valence-electron chi connectivity index (χ0n) is 15.0. The van der Waals surface area contributed by atoms with Crippen LogP contribution >= 0.6 is 0 Å². The van der Waals surface area contributed by atoms with Crippen LogP contribution in [0.1, 0.15) is 56.9 Å². The number of benzene rings is 1. The molecule has 3 saturated heterocycles. The maximum absolute atomic E-state index is 12.3. The number of nitrogens with zero attached hydrogens (tertiary/aromatic N) is 1. The SMILES string of the molecule is O=C(CC[C@@H]1CCCO1)NC1C[C@H]2CC[C@@H](C1)N2Cc1ccccc1. The van der Waals surface area contributed by atoms with Crippen molar-refractivity contribution < 1.29 is 9.53 Å². The van der Waals surface area contributed by atoms with E-state index in [0.717, 1.165) is 45.3 Å². The van der Waals surface area contributed by atoms with Gasteiger partial charge in [0, 0.05) is 37.7 Å². The van der Waals surface area contributed by atoms with Crippen LogP contribution in [-0.2, 0) is 16.1 Å². The van der Waals surface area contributed by atoms with Crippen molar-refractivity contribution in [3.8, 4) is 0 Å². The summed E-state index contributed by atoms with van der Waals surface area (Å²) >= 11 is 0. The Labute approximate surface area is 150 Å². The molecule has 0 aromatic heterocycles. The number of fused-ring (bicyclic) bond motifs is 2. The van der Waals surface area contributed by atoms with E-state index in [2.05, 4.69) is 40.5 Å². The molecule has 3 fully saturated rings. The van der Waals surface area contributed by atoms with Crippen LogP contribution in [0.15, 0.2) is 30.3 Å². The zero-order chi connectivity index (χ0) is 17.1. The number of carbonyl (C=O) groups excluding carboxylic acids is 1. The monoisotopic (exact) mass is 342 g/mol. The molecule has 3 aliphatic heterocycles. The highest BCUT2D eigenvalue weighted by Crippen LogP contribution is 2.36. The van der Waals surface area contributed by atoms with Gasteiger partial charge in [-0.3, -0.25) is 9.69 Å². The second-order valence-electron chi connectivity index (χ2n) is 7.95. The summed E-state index contributed by atoms with van der Waals surface area (Å²) in [5.41, 5.74) is 1.40. The molecule has 2 bridgehead atoms. The maximum Gasteiger partial charge on any atom is 0.220 e. The number of piperidine rings is 1. The second kappa shape index (κ2) is 7.88. The van der Waals surface area contributed by atoms with Crippen LogP contribution in [0.25, 0.3) is 0 Å². The van der Waals surface area contributed by atoms with E-state index in [4.69, 9.17) is 4.74 Å². The Kier molecular flexibility index (Phi) is 5.37. The first-order valence-electron chi connectivity index (χ1n) is 9.98. The van der Waals surface area contributed by atoms with Crippen molar-refractivity contribution in [2.75, 3.05) is 6.61 Å². The Hall–Kier alpha value is -1.39. The van der Waals surface area contributed by atoms with Gasteiger partial charge in [-0.05, 0) is 50.5 Å². The summed E-state index contributed by atoms with van der Waals surface area (Å²) in [6, 6.07) is 12.4. The summed E-state index contributed by atoms with van der Waals surface area (Å²) in [6.07, 6.45) is 8.85. The average molecular weight is 342 g/mol. The van der Waals surface area contributed by atoms with Crippen LogP contribution < -0.4 is 5.32 Å². The third-order valence-electron chi connectivity index (χ3n) is 6.17. The summed E-state index contributed by atoms with van der Waals surface area (Å²) in [5, 5.41) is 3.31. The van der Waals surface area contributed by atoms with E-state index in [1.807, 2.05) is 0 Å². The van der Waals surface area contributed by atoms with Gasteiger partial charge in [0.2, 0.25) is 5.91 Å². The smallest absolute Gasteiger partial charge is 0.220 e. The third kappa shape index (κ3) is 4.24. The third-order valence-corrected chi connectivity index (χ3v) is 6.17. The largest absolute Gasteiger partial charge is 0.378 e. The van der Waals surface area contributed by atoms with Crippen molar-refractivity contribution in [2.24, 2.45) is 0 Å². The summed E-state index contributed by atoms with van der Waals surface area (Å²) in [7, 11) is 0. The summed E-state index contributed by atoms with van der Waals surface area (Å²) in [6.45, 7) is 1.92. The Morgan fingerprint density at radius 2 is 1.88 bits per heavy atom. The molecular formula is C21H30N2O2. The lowest BCUT2D eigenvalue weighted by Gasteiger charge is -2.39.